The number of carbonyl (C=O) groups is 1. The van der Waals surface area contributed by atoms with Gasteiger partial charge < -0.3 is 19.5 Å². The highest BCUT2D eigenvalue weighted by atomic mass is 32.1. The number of rotatable bonds is 9. The van der Waals surface area contributed by atoms with Crippen molar-refractivity contribution in [2.24, 2.45) is 7.05 Å². The van der Waals surface area contributed by atoms with E-state index in [1.807, 2.05) is 37.8 Å². The van der Waals surface area contributed by atoms with Crippen molar-refractivity contribution in [2.45, 2.75) is 25.6 Å². The number of hydrogen-bond donors (Lipinski definition) is 1. The molecule has 0 saturated heterocycles. The molecular formula is C23H24F3N5O2S. The number of aryl methyl sites for hydroxylation is 1. The summed E-state index contributed by atoms with van der Waals surface area (Å²) in [6, 6.07) is 9.46. The van der Waals surface area contributed by atoms with Gasteiger partial charge in [0.15, 0.2) is 10.9 Å². The first kappa shape index (κ1) is 24.0. The number of ketones is 1. The van der Waals surface area contributed by atoms with Crippen LogP contribution in [0.3, 0.4) is 0 Å². The Kier molecular flexibility index (Phi) is 6.76. The van der Waals surface area contributed by atoms with E-state index in [-0.39, 0.29) is 11.5 Å². The maximum atomic E-state index is 12.6. The number of halogens is 3. The number of thiazole rings is 1. The van der Waals surface area contributed by atoms with E-state index in [2.05, 4.69) is 24.9 Å². The van der Waals surface area contributed by atoms with Crippen molar-refractivity contribution < 1.29 is 22.7 Å². The fraction of sp³-hybridized carbons (Fsp3) is 0.348. The van der Waals surface area contributed by atoms with Crippen molar-refractivity contribution in [3.63, 3.8) is 0 Å². The lowest BCUT2D eigenvalue weighted by atomic mass is 10.0. The Balaban J connectivity index is 1.50. The number of fused-ring (bicyclic) bond motifs is 2. The van der Waals surface area contributed by atoms with Gasteiger partial charge in [0.05, 0.1) is 21.3 Å². The zero-order valence-corrected chi connectivity index (χ0v) is 19.8. The summed E-state index contributed by atoms with van der Waals surface area (Å²) >= 11 is 1.19. The van der Waals surface area contributed by atoms with Crippen LogP contribution in [-0.4, -0.2) is 52.2 Å². The van der Waals surface area contributed by atoms with Crippen LogP contribution in [0.5, 0.6) is 5.75 Å². The second-order valence-electron chi connectivity index (χ2n) is 8.20. The lowest BCUT2D eigenvalue weighted by molar-refractivity contribution is -0.274. The number of hydrogen-bond acceptors (Lipinski definition) is 7. The van der Waals surface area contributed by atoms with Crippen LogP contribution >= 0.6 is 11.3 Å². The molecule has 4 rings (SSSR count). The van der Waals surface area contributed by atoms with Crippen LogP contribution < -0.4 is 10.1 Å². The second kappa shape index (κ2) is 9.59. The number of nitrogens with one attached hydrogen (secondary N) is 1. The molecule has 2 heterocycles. The molecule has 0 aliphatic rings. The Bertz CT molecular complexity index is 1330. The Morgan fingerprint density at radius 2 is 1.91 bits per heavy atom. The normalized spacial score (nSPS) is 12.1. The lowest BCUT2D eigenvalue weighted by Crippen LogP contribution is -2.16. The molecule has 180 valence electrons. The maximum absolute atomic E-state index is 12.6. The van der Waals surface area contributed by atoms with Gasteiger partial charge in [0.25, 0.3) is 0 Å². The highest BCUT2D eigenvalue weighted by Gasteiger charge is 2.31. The van der Waals surface area contributed by atoms with E-state index in [0.717, 1.165) is 24.9 Å². The predicted molar refractivity (Wildman–Crippen MR) is 127 cm³/mol. The first-order chi connectivity index (χ1) is 16.1. The smallest absolute Gasteiger partial charge is 0.406 e. The minimum atomic E-state index is -4.75. The third-order valence-electron chi connectivity index (χ3n) is 5.27. The molecule has 0 saturated carbocycles. The Hall–Kier alpha value is -3.18. The largest absolute Gasteiger partial charge is 0.573 e. The molecule has 11 heteroatoms. The number of Topliss-reactive ketones (excluding diaryl/α,β-unsaturated/α-hetero) is 1. The molecule has 0 aliphatic carbocycles. The summed E-state index contributed by atoms with van der Waals surface area (Å²) in [5, 5.41) is 3.61. The van der Waals surface area contributed by atoms with Gasteiger partial charge in [0, 0.05) is 25.1 Å². The van der Waals surface area contributed by atoms with E-state index >= 15 is 0 Å². The van der Waals surface area contributed by atoms with Gasteiger partial charge in [-0.25, -0.2) is 9.97 Å². The maximum Gasteiger partial charge on any atom is 0.573 e. The highest BCUT2D eigenvalue weighted by Crippen LogP contribution is 2.33. The van der Waals surface area contributed by atoms with Crippen LogP contribution in [0.4, 0.5) is 24.3 Å². The molecule has 1 N–H and O–H groups in total. The number of aromatic nitrogens is 3. The minimum Gasteiger partial charge on any atom is -0.406 e. The highest BCUT2D eigenvalue weighted by molar-refractivity contribution is 7.22. The molecule has 0 bridgehead atoms. The number of nitrogens with zero attached hydrogens (tertiary/aromatic N) is 4. The molecule has 0 aliphatic heterocycles. The van der Waals surface area contributed by atoms with Gasteiger partial charge >= 0.3 is 6.36 Å². The molecule has 0 spiro atoms. The quantitative estimate of drug-likeness (QED) is 0.238. The van der Waals surface area contributed by atoms with Crippen LogP contribution in [0, 0.1) is 0 Å². The average molecular weight is 492 g/mol. The van der Waals surface area contributed by atoms with Gasteiger partial charge in [0.2, 0.25) is 5.95 Å². The van der Waals surface area contributed by atoms with E-state index in [0.29, 0.717) is 38.8 Å². The number of benzene rings is 2. The lowest BCUT2D eigenvalue weighted by Gasteiger charge is -2.08. The molecule has 2 aromatic carbocycles. The van der Waals surface area contributed by atoms with Crippen LogP contribution in [0.25, 0.3) is 21.3 Å². The van der Waals surface area contributed by atoms with E-state index in [1.54, 1.807) is 6.07 Å². The molecule has 7 nitrogen and oxygen atoms in total. The SMILES string of the molecule is CN(C)CCCCC(=O)c1ccc2c(c1)nc(Nc1nc3ccc(OC(F)(F)F)cc3s1)n2C. The summed E-state index contributed by atoms with van der Waals surface area (Å²) in [7, 11) is 5.86. The molecule has 34 heavy (non-hydrogen) atoms. The summed E-state index contributed by atoms with van der Waals surface area (Å²) in [5.41, 5.74) is 2.68. The zero-order chi connectivity index (χ0) is 24.5. The summed E-state index contributed by atoms with van der Waals surface area (Å²) in [4.78, 5) is 23.7. The van der Waals surface area contributed by atoms with Crippen LogP contribution in [0.1, 0.15) is 29.6 Å². The summed E-state index contributed by atoms with van der Waals surface area (Å²) in [5.74, 6) is 0.303. The third kappa shape index (κ3) is 5.65. The summed E-state index contributed by atoms with van der Waals surface area (Å²) < 4.78 is 43.8. The van der Waals surface area contributed by atoms with Gasteiger partial charge in [-0.2, -0.15) is 0 Å². The van der Waals surface area contributed by atoms with E-state index in [1.165, 1.54) is 29.5 Å². The van der Waals surface area contributed by atoms with E-state index < -0.39 is 6.36 Å². The second-order valence-corrected chi connectivity index (χ2v) is 9.23. The Morgan fingerprint density at radius 1 is 1.12 bits per heavy atom. The predicted octanol–water partition coefficient (Wildman–Crippen LogP) is 5.74. The van der Waals surface area contributed by atoms with Crippen molar-refractivity contribution in [1.82, 2.24) is 19.4 Å². The summed E-state index contributed by atoms with van der Waals surface area (Å²) in [6.45, 7) is 0.948. The fourth-order valence-corrected chi connectivity index (χ4v) is 4.48. The number of anilines is 2. The minimum absolute atomic E-state index is 0.0869. The van der Waals surface area contributed by atoms with Crippen LogP contribution in [0.15, 0.2) is 36.4 Å². The van der Waals surface area contributed by atoms with Crippen molar-refractivity contribution in [2.75, 3.05) is 26.0 Å². The van der Waals surface area contributed by atoms with Gasteiger partial charge in [-0.1, -0.05) is 11.3 Å². The first-order valence-electron chi connectivity index (χ1n) is 10.7. The number of ether oxygens (including phenoxy) is 1. The third-order valence-corrected chi connectivity index (χ3v) is 6.21. The van der Waals surface area contributed by atoms with Gasteiger partial charge in [0.1, 0.15) is 5.75 Å². The Labute approximate surface area is 198 Å². The standard InChI is InChI=1S/C23H24F3N5O2S/c1-30(2)11-5-4-6-19(32)14-7-10-18-17(12-14)27-21(31(18)3)29-22-28-16-9-8-15(13-20(16)34-22)33-23(24,25)26/h7-10,12-13H,4-6,11H2,1-3H3,(H,27,28,29). The van der Waals surface area contributed by atoms with E-state index in [4.69, 9.17) is 0 Å². The van der Waals surface area contributed by atoms with E-state index in [9.17, 15) is 18.0 Å². The monoisotopic (exact) mass is 491 g/mol. The molecule has 0 fully saturated rings. The van der Waals surface area contributed by atoms with Crippen LogP contribution in [0.2, 0.25) is 0 Å². The fourth-order valence-electron chi connectivity index (χ4n) is 3.59. The number of carbonyl (C=O) groups excluding carboxylic acids is 1. The van der Waals surface area contributed by atoms with Crippen molar-refractivity contribution in [1.29, 1.82) is 0 Å². The molecular weight excluding hydrogens is 467 g/mol. The van der Waals surface area contributed by atoms with Gasteiger partial charge in [-0.05, 0) is 63.8 Å². The molecule has 2 aromatic heterocycles. The molecule has 0 unspecified atom stereocenters. The van der Waals surface area contributed by atoms with Crippen molar-refractivity contribution in [3.05, 3.63) is 42.0 Å². The number of alkyl halides is 3. The average Bonchev–Trinajstić information content (AvgIpc) is 3.29. The van der Waals surface area contributed by atoms with Crippen LogP contribution in [-0.2, 0) is 7.05 Å². The number of unbranched alkanes of at least 4 members (excludes halogenated alkanes) is 1. The molecule has 0 radical (unpaired) electrons. The zero-order valence-electron chi connectivity index (χ0n) is 18.9. The molecule has 0 atom stereocenters. The molecule has 0 amide bonds. The van der Waals surface area contributed by atoms with Gasteiger partial charge in [-0.3, -0.25) is 4.79 Å². The number of imidazole rings is 1. The van der Waals surface area contributed by atoms with Crippen molar-refractivity contribution >= 4 is 49.4 Å². The van der Waals surface area contributed by atoms with Crippen molar-refractivity contribution in [3.8, 4) is 5.75 Å². The Morgan fingerprint density at radius 3 is 2.65 bits per heavy atom. The van der Waals surface area contributed by atoms with Gasteiger partial charge in [-0.15, -0.1) is 13.2 Å². The molecule has 4 aromatic rings. The summed E-state index contributed by atoms with van der Waals surface area (Å²) in [6.07, 6.45) is -2.47. The topological polar surface area (TPSA) is 72.3 Å². The first-order valence-corrected chi connectivity index (χ1v) is 11.5.